The van der Waals surface area contributed by atoms with E-state index in [1.54, 1.807) is 0 Å². The van der Waals surface area contributed by atoms with Crippen molar-refractivity contribution in [2.24, 2.45) is 11.8 Å². The van der Waals surface area contributed by atoms with Gasteiger partial charge in [-0.25, -0.2) is 0 Å². The van der Waals surface area contributed by atoms with Crippen LogP contribution in [0.2, 0.25) is 0 Å². The van der Waals surface area contributed by atoms with Crippen LogP contribution in [-0.2, 0) is 11.3 Å². The molecule has 2 aliphatic heterocycles. The van der Waals surface area contributed by atoms with E-state index in [9.17, 15) is 14.7 Å². The van der Waals surface area contributed by atoms with Crippen molar-refractivity contribution >= 4 is 12.0 Å². The molecule has 4 atom stereocenters. The molecule has 3 aliphatic rings. The molecule has 1 saturated heterocycles. The maximum atomic E-state index is 13.3. The summed E-state index contributed by atoms with van der Waals surface area (Å²) in [6, 6.07) is 3.88. The summed E-state index contributed by atoms with van der Waals surface area (Å²) in [4.78, 5) is 28.5. The Hall–Kier alpha value is -1.92. The van der Waals surface area contributed by atoms with E-state index >= 15 is 0 Å². The summed E-state index contributed by atoms with van der Waals surface area (Å²) in [6.07, 6.45) is 9.10. The van der Waals surface area contributed by atoms with Gasteiger partial charge in [0.25, 0.3) is 5.56 Å². The zero-order valence-corrected chi connectivity index (χ0v) is 17.5. The minimum Gasteiger partial charge on any atom is -0.396 e. The molecule has 3 heterocycles. The van der Waals surface area contributed by atoms with E-state index in [0.29, 0.717) is 12.1 Å². The number of hydrogen-bond acceptors (Lipinski definition) is 4. The number of aliphatic hydroxyl groups excluding tert-OH is 1. The van der Waals surface area contributed by atoms with Crippen LogP contribution in [0.1, 0.15) is 63.3 Å². The lowest BCUT2D eigenvalue weighted by molar-refractivity contribution is -0.128. The minimum absolute atomic E-state index is 0.0128. The van der Waals surface area contributed by atoms with Crippen molar-refractivity contribution in [3.8, 4) is 0 Å². The number of likely N-dealkylation sites (tertiary alicyclic amines) is 1. The second kappa shape index (κ2) is 8.44. The molecule has 0 unspecified atom stereocenters. The molecule has 158 valence electrons. The van der Waals surface area contributed by atoms with Gasteiger partial charge in [0, 0.05) is 42.3 Å². The number of nitrogens with one attached hydrogen (secondary N) is 1. The Morgan fingerprint density at radius 2 is 2.07 bits per heavy atom. The Labute approximate surface area is 172 Å². The van der Waals surface area contributed by atoms with Crippen LogP contribution in [-0.4, -0.2) is 45.7 Å². The molecule has 0 spiro atoms. The number of allylic oxidation sites excluding steroid dienone is 1. The van der Waals surface area contributed by atoms with Gasteiger partial charge in [-0.2, -0.15) is 0 Å². The SMILES string of the molecule is C/C=C\c1ccc2n(c1=O)C[C@H]1[C@H](CO)[C@@H](C(=O)NC3CCCC3)N(CCC)[C@@H]21. The molecule has 0 aromatic carbocycles. The average molecular weight is 400 g/mol. The lowest BCUT2D eigenvalue weighted by atomic mass is 9.88. The van der Waals surface area contributed by atoms with Crippen molar-refractivity contribution in [3.05, 3.63) is 39.8 Å². The van der Waals surface area contributed by atoms with Gasteiger partial charge in [-0.1, -0.05) is 31.9 Å². The Kier molecular flexibility index (Phi) is 5.93. The molecule has 1 amide bonds. The predicted octanol–water partition coefficient (Wildman–Crippen LogP) is 2.31. The molecule has 0 radical (unpaired) electrons. The molecule has 29 heavy (non-hydrogen) atoms. The van der Waals surface area contributed by atoms with Crippen LogP contribution in [0, 0.1) is 11.8 Å². The highest BCUT2D eigenvalue weighted by molar-refractivity contribution is 5.83. The van der Waals surface area contributed by atoms with Crippen LogP contribution in [0.5, 0.6) is 0 Å². The van der Waals surface area contributed by atoms with Crippen molar-refractivity contribution in [2.45, 2.75) is 70.6 Å². The van der Waals surface area contributed by atoms with Crippen molar-refractivity contribution in [3.63, 3.8) is 0 Å². The zero-order chi connectivity index (χ0) is 20.5. The molecule has 4 rings (SSSR count). The molecular weight excluding hydrogens is 366 g/mol. The smallest absolute Gasteiger partial charge is 0.258 e. The first-order chi connectivity index (χ1) is 14.1. The van der Waals surface area contributed by atoms with E-state index in [2.05, 4.69) is 17.1 Å². The van der Waals surface area contributed by atoms with Crippen molar-refractivity contribution < 1.29 is 9.90 Å². The molecule has 2 fully saturated rings. The summed E-state index contributed by atoms with van der Waals surface area (Å²) in [6.45, 7) is 5.34. The van der Waals surface area contributed by atoms with Gasteiger partial charge in [0.1, 0.15) is 0 Å². The summed E-state index contributed by atoms with van der Waals surface area (Å²) >= 11 is 0. The first-order valence-corrected chi connectivity index (χ1v) is 11.1. The van der Waals surface area contributed by atoms with Gasteiger partial charge in [0.2, 0.25) is 5.91 Å². The monoisotopic (exact) mass is 399 g/mol. The van der Waals surface area contributed by atoms with Crippen molar-refractivity contribution in [1.82, 2.24) is 14.8 Å². The van der Waals surface area contributed by atoms with Gasteiger partial charge >= 0.3 is 0 Å². The summed E-state index contributed by atoms with van der Waals surface area (Å²) in [5, 5.41) is 13.5. The summed E-state index contributed by atoms with van der Waals surface area (Å²) in [5.74, 6) is -0.0184. The molecule has 1 aromatic rings. The summed E-state index contributed by atoms with van der Waals surface area (Å²) in [5.41, 5.74) is 1.70. The zero-order valence-electron chi connectivity index (χ0n) is 17.5. The summed E-state index contributed by atoms with van der Waals surface area (Å²) < 4.78 is 1.86. The third-order valence-electron chi connectivity index (χ3n) is 7.02. The third-order valence-corrected chi connectivity index (χ3v) is 7.02. The first-order valence-electron chi connectivity index (χ1n) is 11.1. The first kappa shape index (κ1) is 20.4. The Balaban J connectivity index is 1.68. The highest BCUT2D eigenvalue weighted by Crippen LogP contribution is 2.49. The number of hydrogen-bond donors (Lipinski definition) is 2. The quantitative estimate of drug-likeness (QED) is 0.770. The van der Waals surface area contributed by atoms with E-state index in [1.165, 1.54) is 12.8 Å². The number of rotatable bonds is 6. The number of aliphatic hydroxyl groups is 1. The Morgan fingerprint density at radius 1 is 1.31 bits per heavy atom. The van der Waals surface area contributed by atoms with Crippen LogP contribution < -0.4 is 10.9 Å². The number of aromatic nitrogens is 1. The average Bonchev–Trinajstić information content (AvgIpc) is 3.40. The van der Waals surface area contributed by atoms with Gasteiger partial charge < -0.3 is 15.0 Å². The molecule has 1 saturated carbocycles. The van der Waals surface area contributed by atoms with Crippen LogP contribution in [0.4, 0.5) is 0 Å². The van der Waals surface area contributed by atoms with E-state index in [0.717, 1.165) is 31.5 Å². The number of fused-ring (bicyclic) bond motifs is 3. The van der Waals surface area contributed by atoms with Crippen LogP contribution in [0.25, 0.3) is 6.08 Å². The van der Waals surface area contributed by atoms with Crippen LogP contribution in [0.15, 0.2) is 23.0 Å². The molecule has 1 aliphatic carbocycles. The fraction of sp³-hybridized carbons (Fsp3) is 0.652. The largest absolute Gasteiger partial charge is 0.396 e. The van der Waals surface area contributed by atoms with Crippen molar-refractivity contribution in [2.75, 3.05) is 13.2 Å². The fourth-order valence-electron chi connectivity index (χ4n) is 5.80. The Bertz CT molecular complexity index is 840. The van der Waals surface area contributed by atoms with E-state index in [-0.39, 0.29) is 48.0 Å². The predicted molar refractivity (Wildman–Crippen MR) is 113 cm³/mol. The highest BCUT2D eigenvalue weighted by atomic mass is 16.3. The second-order valence-corrected chi connectivity index (χ2v) is 8.76. The number of pyridine rings is 1. The van der Waals surface area contributed by atoms with Gasteiger partial charge in [-0.15, -0.1) is 0 Å². The molecule has 0 bridgehead atoms. The highest BCUT2D eigenvalue weighted by Gasteiger charge is 2.55. The molecule has 1 aromatic heterocycles. The molecular formula is C23H33N3O3. The second-order valence-electron chi connectivity index (χ2n) is 8.76. The maximum absolute atomic E-state index is 13.3. The van der Waals surface area contributed by atoms with Gasteiger partial charge in [0.05, 0.1) is 12.1 Å². The van der Waals surface area contributed by atoms with Crippen LogP contribution in [0.3, 0.4) is 0 Å². The molecule has 6 nitrogen and oxygen atoms in total. The standard InChI is InChI=1S/C23H33N3O3/c1-3-7-15-10-11-19-20-17(13-26(19)23(15)29)18(14-27)21(25(20)12-4-2)22(28)24-16-8-5-6-9-16/h3,7,10-11,16-18,20-21,27H,4-6,8-9,12-14H2,1-2H3,(H,24,28)/b7-3-/t17-,18-,20+,21-/m0/s1. The third kappa shape index (κ3) is 3.46. The topological polar surface area (TPSA) is 74.6 Å². The van der Waals surface area contributed by atoms with Crippen molar-refractivity contribution in [1.29, 1.82) is 0 Å². The molecule has 2 N–H and O–H groups in total. The van der Waals surface area contributed by atoms with E-state index < -0.39 is 0 Å². The maximum Gasteiger partial charge on any atom is 0.258 e. The lowest BCUT2D eigenvalue weighted by Crippen LogP contribution is -2.50. The van der Waals surface area contributed by atoms with Crippen LogP contribution >= 0.6 is 0 Å². The Morgan fingerprint density at radius 3 is 2.72 bits per heavy atom. The number of carbonyl (C=O) groups excluding carboxylic acids is 1. The minimum atomic E-state index is -0.324. The number of nitrogens with zero attached hydrogens (tertiary/aromatic N) is 2. The number of amides is 1. The fourth-order valence-corrected chi connectivity index (χ4v) is 5.80. The van der Waals surface area contributed by atoms with E-state index in [4.69, 9.17) is 0 Å². The number of carbonyl (C=O) groups is 1. The van der Waals surface area contributed by atoms with Gasteiger partial charge in [0.15, 0.2) is 0 Å². The lowest BCUT2D eigenvalue weighted by Gasteiger charge is -2.31. The van der Waals surface area contributed by atoms with Gasteiger partial charge in [-0.3, -0.25) is 14.5 Å². The normalized spacial score (nSPS) is 29.5. The van der Waals surface area contributed by atoms with E-state index in [1.807, 2.05) is 35.8 Å². The summed E-state index contributed by atoms with van der Waals surface area (Å²) in [7, 11) is 0. The molecule has 6 heteroatoms. The van der Waals surface area contributed by atoms with Gasteiger partial charge in [-0.05, 0) is 44.9 Å².